The summed E-state index contributed by atoms with van der Waals surface area (Å²) in [4.78, 5) is 6.50. The molecule has 2 aromatic rings. The van der Waals surface area contributed by atoms with Gasteiger partial charge in [-0.3, -0.25) is 9.67 Å². The van der Waals surface area contributed by atoms with Gasteiger partial charge in [-0.05, 0) is 31.0 Å². The fourth-order valence-corrected chi connectivity index (χ4v) is 3.34. The highest BCUT2D eigenvalue weighted by molar-refractivity contribution is 5.80. The number of halogens is 3. The zero-order valence-corrected chi connectivity index (χ0v) is 17.0. The molecule has 1 aliphatic heterocycles. The summed E-state index contributed by atoms with van der Waals surface area (Å²) >= 11 is 0. The van der Waals surface area contributed by atoms with E-state index in [1.165, 1.54) is 6.07 Å². The monoisotopic (exact) mass is 418 g/mol. The minimum absolute atomic E-state index is 0.224. The summed E-state index contributed by atoms with van der Waals surface area (Å²) in [5.41, 5.74) is 0.725. The van der Waals surface area contributed by atoms with E-state index in [0.29, 0.717) is 11.5 Å². The van der Waals surface area contributed by atoms with Gasteiger partial charge in [-0.1, -0.05) is 17.9 Å². The fourth-order valence-electron chi connectivity index (χ4n) is 3.34. The van der Waals surface area contributed by atoms with Crippen molar-refractivity contribution in [1.82, 2.24) is 20.4 Å². The average Bonchev–Trinajstić information content (AvgIpc) is 3.16. The van der Waals surface area contributed by atoms with Gasteiger partial charge >= 0.3 is 6.18 Å². The molecule has 1 unspecified atom stereocenters. The van der Waals surface area contributed by atoms with Crippen LogP contribution in [-0.4, -0.2) is 48.5 Å². The molecule has 0 amide bonds. The Bertz CT molecular complexity index is 938. The first kappa shape index (κ1) is 21.6. The molecule has 1 saturated heterocycles. The highest BCUT2D eigenvalue weighted by Gasteiger charge is 2.30. The van der Waals surface area contributed by atoms with Gasteiger partial charge in [0.2, 0.25) is 0 Å². The van der Waals surface area contributed by atoms with Gasteiger partial charge in [-0.2, -0.15) is 18.3 Å². The maximum absolute atomic E-state index is 12.8. The van der Waals surface area contributed by atoms with Crippen molar-refractivity contribution in [2.24, 2.45) is 12.0 Å². The molecule has 30 heavy (non-hydrogen) atoms. The normalized spacial score (nSPS) is 17.3. The number of hydrogen-bond acceptors (Lipinski definition) is 3. The third-order valence-corrected chi connectivity index (χ3v) is 4.81. The van der Waals surface area contributed by atoms with E-state index in [0.717, 1.165) is 43.8 Å². The lowest BCUT2D eigenvalue weighted by molar-refractivity contribution is -0.137. The summed E-state index contributed by atoms with van der Waals surface area (Å²) in [6.45, 7) is 2.09. The number of rotatable bonds is 3. The van der Waals surface area contributed by atoms with Crippen molar-refractivity contribution in [1.29, 1.82) is 0 Å². The predicted octanol–water partition coefficient (Wildman–Crippen LogP) is 2.62. The molecule has 2 N–H and O–H groups in total. The zero-order chi connectivity index (χ0) is 21.6. The van der Waals surface area contributed by atoms with Crippen molar-refractivity contribution in [3.63, 3.8) is 0 Å². The summed E-state index contributed by atoms with van der Waals surface area (Å²) in [5, 5.41) is 10.7. The topological polar surface area (TPSA) is 57.5 Å². The molecule has 0 bridgehead atoms. The molecule has 3 rings (SSSR count). The smallest absolute Gasteiger partial charge is 0.367 e. The van der Waals surface area contributed by atoms with E-state index in [4.69, 9.17) is 0 Å². The van der Waals surface area contributed by atoms with Crippen LogP contribution in [0.4, 0.5) is 18.9 Å². The summed E-state index contributed by atoms with van der Waals surface area (Å²) in [6.07, 6.45) is 1.56. The molecule has 0 radical (unpaired) electrons. The number of alkyl halides is 3. The second-order valence-corrected chi connectivity index (χ2v) is 7.11. The number of piperidine rings is 1. The van der Waals surface area contributed by atoms with E-state index in [-0.39, 0.29) is 12.6 Å². The lowest BCUT2D eigenvalue weighted by Crippen LogP contribution is -2.51. The van der Waals surface area contributed by atoms with E-state index in [1.807, 2.05) is 19.4 Å². The van der Waals surface area contributed by atoms with E-state index < -0.39 is 11.7 Å². The third kappa shape index (κ3) is 5.92. The molecule has 9 heteroatoms. The van der Waals surface area contributed by atoms with Gasteiger partial charge in [0.1, 0.15) is 0 Å². The highest BCUT2D eigenvalue weighted by atomic mass is 19.4. The van der Waals surface area contributed by atoms with E-state index in [2.05, 4.69) is 37.5 Å². The van der Waals surface area contributed by atoms with Gasteiger partial charge in [0.25, 0.3) is 0 Å². The second kappa shape index (κ2) is 9.57. The number of aliphatic imine (C=N–C) groups is 1. The van der Waals surface area contributed by atoms with Gasteiger partial charge in [-0.25, -0.2) is 0 Å². The van der Waals surface area contributed by atoms with Crippen LogP contribution < -0.4 is 15.5 Å². The predicted molar refractivity (Wildman–Crippen MR) is 111 cm³/mol. The lowest BCUT2D eigenvalue weighted by atomic mass is 10.1. The summed E-state index contributed by atoms with van der Waals surface area (Å²) in [7, 11) is 3.58. The quantitative estimate of drug-likeness (QED) is 0.457. The Morgan fingerprint density at radius 3 is 2.90 bits per heavy atom. The Balaban J connectivity index is 1.51. The molecule has 0 spiro atoms. The largest absolute Gasteiger partial charge is 0.416 e. The first-order valence-electron chi connectivity index (χ1n) is 9.72. The van der Waals surface area contributed by atoms with Crippen LogP contribution in [0.15, 0.2) is 41.7 Å². The van der Waals surface area contributed by atoms with Crippen molar-refractivity contribution in [3.05, 3.63) is 47.8 Å². The fraction of sp³-hybridized carbons (Fsp3) is 0.429. The van der Waals surface area contributed by atoms with Crippen LogP contribution in [0.2, 0.25) is 0 Å². The van der Waals surface area contributed by atoms with E-state index in [1.54, 1.807) is 17.8 Å². The van der Waals surface area contributed by atoms with Gasteiger partial charge in [0.05, 0.1) is 24.0 Å². The minimum atomic E-state index is -4.37. The molecule has 0 aliphatic carbocycles. The average molecular weight is 418 g/mol. The van der Waals surface area contributed by atoms with E-state index >= 15 is 0 Å². The van der Waals surface area contributed by atoms with Crippen LogP contribution in [0, 0.1) is 11.8 Å². The molecule has 160 valence electrons. The van der Waals surface area contributed by atoms with Crippen molar-refractivity contribution in [3.8, 4) is 11.8 Å². The van der Waals surface area contributed by atoms with E-state index in [9.17, 15) is 13.2 Å². The van der Waals surface area contributed by atoms with Crippen LogP contribution >= 0.6 is 0 Å². The Kier molecular flexibility index (Phi) is 6.87. The number of guanidine groups is 1. The Labute approximate surface area is 174 Å². The molecule has 1 aromatic heterocycles. The molecule has 6 nitrogen and oxygen atoms in total. The van der Waals surface area contributed by atoms with Crippen LogP contribution in [0.1, 0.15) is 24.0 Å². The Morgan fingerprint density at radius 1 is 1.37 bits per heavy atom. The summed E-state index contributed by atoms with van der Waals surface area (Å²) in [6, 6.07) is 5.23. The number of aromatic nitrogens is 2. The van der Waals surface area contributed by atoms with Crippen molar-refractivity contribution in [2.45, 2.75) is 25.1 Å². The third-order valence-electron chi connectivity index (χ3n) is 4.81. The number of nitrogens with zero attached hydrogens (tertiary/aromatic N) is 4. The number of benzene rings is 1. The molecule has 2 heterocycles. The highest BCUT2D eigenvalue weighted by Crippen LogP contribution is 2.29. The first-order valence-corrected chi connectivity index (χ1v) is 9.72. The molecular formula is C21H25F3N6. The van der Waals surface area contributed by atoms with Gasteiger partial charge in [0, 0.05) is 45.0 Å². The molecule has 1 fully saturated rings. The molecule has 1 atom stereocenters. The molecule has 1 aliphatic rings. The minimum Gasteiger partial charge on any atom is -0.367 e. The summed E-state index contributed by atoms with van der Waals surface area (Å²) in [5.74, 6) is 6.22. The van der Waals surface area contributed by atoms with Crippen LogP contribution in [0.3, 0.4) is 0 Å². The molecule has 0 saturated carbocycles. The number of nitrogens with one attached hydrogen (secondary N) is 2. The second-order valence-electron chi connectivity index (χ2n) is 7.11. The maximum atomic E-state index is 12.8. The van der Waals surface area contributed by atoms with Gasteiger partial charge < -0.3 is 15.5 Å². The number of anilines is 1. The standard InChI is InChI=1S/C21H25F3N6/c1-25-20(26-10-4-7-16-6-3-8-17(12-16)21(22,23)24)28-18-9-5-11-30(14-18)19-13-27-29(2)15-19/h3,6,8,12-13,15,18H,5,9-11,14H2,1-2H3,(H2,25,26,28). The number of aryl methyl sites for hydroxylation is 1. The number of hydrogen-bond donors (Lipinski definition) is 2. The lowest BCUT2D eigenvalue weighted by Gasteiger charge is -2.34. The first-order chi connectivity index (χ1) is 14.3. The van der Waals surface area contributed by atoms with Crippen LogP contribution in [-0.2, 0) is 13.2 Å². The maximum Gasteiger partial charge on any atom is 0.416 e. The molecule has 1 aromatic carbocycles. The summed E-state index contributed by atoms with van der Waals surface area (Å²) < 4.78 is 40.1. The van der Waals surface area contributed by atoms with Crippen molar-refractivity contribution in [2.75, 3.05) is 31.6 Å². The Hall–Kier alpha value is -3.15. The van der Waals surface area contributed by atoms with Gasteiger partial charge in [0.15, 0.2) is 5.96 Å². The van der Waals surface area contributed by atoms with Crippen molar-refractivity contribution >= 4 is 11.6 Å². The zero-order valence-electron chi connectivity index (χ0n) is 17.0. The van der Waals surface area contributed by atoms with Crippen LogP contribution in [0.5, 0.6) is 0 Å². The molecular weight excluding hydrogens is 393 g/mol. The van der Waals surface area contributed by atoms with Crippen molar-refractivity contribution < 1.29 is 13.2 Å². The van der Waals surface area contributed by atoms with Crippen LogP contribution in [0.25, 0.3) is 0 Å². The SMILES string of the molecule is CN=C(NCC#Cc1cccc(C(F)(F)F)c1)NC1CCCN(c2cnn(C)c2)C1. The van der Waals surface area contributed by atoms with Gasteiger partial charge in [-0.15, -0.1) is 0 Å². The Morgan fingerprint density at radius 2 is 2.20 bits per heavy atom.